The average Bonchev–Trinajstić information content (AvgIpc) is 2.28. The Bertz CT molecular complexity index is 432. The largest absolute Gasteiger partial charge is 0.416 e. The molecule has 0 heterocycles. The Labute approximate surface area is 101 Å². The zero-order valence-electron chi connectivity index (χ0n) is 9.35. The molecule has 0 aliphatic heterocycles. The van der Waals surface area contributed by atoms with Crippen LogP contribution in [0.1, 0.15) is 22.3 Å². The molecule has 3 nitrogen and oxygen atoms in total. The van der Waals surface area contributed by atoms with Crippen molar-refractivity contribution < 1.29 is 22.4 Å². The molecule has 0 aliphatic carbocycles. The van der Waals surface area contributed by atoms with E-state index in [0.29, 0.717) is 31.2 Å². The maximum absolute atomic E-state index is 13.3. The zero-order chi connectivity index (χ0) is 13.8. The van der Waals surface area contributed by atoms with Crippen LogP contribution in [0.5, 0.6) is 0 Å². The van der Waals surface area contributed by atoms with Crippen molar-refractivity contribution in [2.75, 3.05) is 13.1 Å². The summed E-state index contributed by atoms with van der Waals surface area (Å²) in [5.41, 5.74) is 3.50. The van der Waals surface area contributed by atoms with Crippen molar-refractivity contribution in [3.8, 4) is 0 Å². The van der Waals surface area contributed by atoms with Crippen LogP contribution < -0.4 is 11.1 Å². The molecule has 0 spiro atoms. The summed E-state index contributed by atoms with van der Waals surface area (Å²) < 4.78 is 50.5. The second-order valence-electron chi connectivity index (χ2n) is 3.59. The molecule has 1 aromatic rings. The second-order valence-corrected chi connectivity index (χ2v) is 3.59. The van der Waals surface area contributed by atoms with Crippen molar-refractivity contribution in [3.05, 3.63) is 35.1 Å². The van der Waals surface area contributed by atoms with Crippen LogP contribution in [-0.4, -0.2) is 19.0 Å². The van der Waals surface area contributed by atoms with Crippen molar-refractivity contribution in [1.29, 1.82) is 0 Å². The molecule has 7 heteroatoms. The van der Waals surface area contributed by atoms with Gasteiger partial charge in [-0.25, -0.2) is 4.39 Å². The summed E-state index contributed by atoms with van der Waals surface area (Å²) in [4.78, 5) is 11.5. The fourth-order valence-corrected chi connectivity index (χ4v) is 1.27. The standard InChI is InChI=1S/C11H12F4N2O/c12-9-3-2-7(11(13,14)15)6-8(9)10(18)17-5-1-4-16/h2-3,6H,1,4-5,16H2,(H,17,18). The first kappa shape index (κ1) is 14.4. The predicted octanol–water partition coefficient (Wildman–Crippen LogP) is 1.92. The number of nitrogens with one attached hydrogen (secondary N) is 1. The quantitative estimate of drug-likeness (QED) is 0.645. The molecule has 0 atom stereocenters. The van der Waals surface area contributed by atoms with Crippen LogP contribution in [0.3, 0.4) is 0 Å². The van der Waals surface area contributed by atoms with Crippen LogP contribution in [0, 0.1) is 5.82 Å². The van der Waals surface area contributed by atoms with Crippen LogP contribution in [0.2, 0.25) is 0 Å². The number of amides is 1. The summed E-state index contributed by atoms with van der Waals surface area (Å²) >= 11 is 0. The molecule has 18 heavy (non-hydrogen) atoms. The monoisotopic (exact) mass is 264 g/mol. The van der Waals surface area contributed by atoms with Crippen LogP contribution in [0.25, 0.3) is 0 Å². The zero-order valence-corrected chi connectivity index (χ0v) is 9.35. The topological polar surface area (TPSA) is 55.1 Å². The summed E-state index contributed by atoms with van der Waals surface area (Å²) in [5.74, 6) is -1.87. The second kappa shape index (κ2) is 5.81. The highest BCUT2D eigenvalue weighted by atomic mass is 19.4. The number of halogens is 4. The Kier molecular flexibility index (Phi) is 4.66. The van der Waals surface area contributed by atoms with Gasteiger partial charge < -0.3 is 11.1 Å². The van der Waals surface area contributed by atoms with Crippen LogP contribution in [0.15, 0.2) is 18.2 Å². The number of carbonyl (C=O) groups excluding carboxylic acids is 1. The highest BCUT2D eigenvalue weighted by Gasteiger charge is 2.31. The van der Waals surface area contributed by atoms with E-state index in [9.17, 15) is 22.4 Å². The van der Waals surface area contributed by atoms with Gasteiger partial charge in [0.1, 0.15) is 5.82 Å². The Morgan fingerprint density at radius 1 is 1.33 bits per heavy atom. The maximum Gasteiger partial charge on any atom is 0.416 e. The smallest absolute Gasteiger partial charge is 0.352 e. The van der Waals surface area contributed by atoms with Crippen molar-refractivity contribution in [2.45, 2.75) is 12.6 Å². The van der Waals surface area contributed by atoms with E-state index in [1.165, 1.54) is 0 Å². The molecule has 0 unspecified atom stereocenters. The minimum Gasteiger partial charge on any atom is -0.352 e. The Balaban J connectivity index is 2.90. The van der Waals surface area contributed by atoms with Gasteiger partial charge >= 0.3 is 6.18 Å². The summed E-state index contributed by atoms with van der Waals surface area (Å²) in [7, 11) is 0. The number of benzene rings is 1. The SMILES string of the molecule is NCCCNC(=O)c1cc(C(F)(F)F)ccc1F. The predicted molar refractivity (Wildman–Crippen MR) is 57.4 cm³/mol. The summed E-state index contributed by atoms with van der Waals surface area (Å²) in [6, 6.07) is 1.71. The summed E-state index contributed by atoms with van der Waals surface area (Å²) in [6.07, 6.45) is -4.15. The lowest BCUT2D eigenvalue weighted by Gasteiger charge is -2.10. The minimum atomic E-state index is -4.61. The Morgan fingerprint density at radius 2 is 2.00 bits per heavy atom. The first-order valence-electron chi connectivity index (χ1n) is 5.21. The fraction of sp³-hybridized carbons (Fsp3) is 0.364. The first-order valence-corrected chi connectivity index (χ1v) is 5.21. The summed E-state index contributed by atoms with van der Waals surface area (Å²) in [5, 5.41) is 2.29. The van der Waals surface area contributed by atoms with Gasteiger partial charge in [-0.3, -0.25) is 4.79 Å². The van der Waals surface area contributed by atoms with Gasteiger partial charge in [-0.1, -0.05) is 0 Å². The van der Waals surface area contributed by atoms with Crippen molar-refractivity contribution in [2.24, 2.45) is 5.73 Å². The highest BCUT2D eigenvalue weighted by Crippen LogP contribution is 2.30. The van der Waals surface area contributed by atoms with Gasteiger partial charge in [0.05, 0.1) is 11.1 Å². The molecule has 1 rings (SSSR count). The molecule has 0 aliphatic rings. The first-order chi connectivity index (χ1) is 8.36. The lowest BCUT2D eigenvalue weighted by Crippen LogP contribution is -2.27. The van der Waals surface area contributed by atoms with E-state index in [1.807, 2.05) is 0 Å². The van der Waals surface area contributed by atoms with E-state index >= 15 is 0 Å². The van der Waals surface area contributed by atoms with Crippen LogP contribution >= 0.6 is 0 Å². The lowest BCUT2D eigenvalue weighted by molar-refractivity contribution is -0.137. The average molecular weight is 264 g/mol. The number of alkyl halides is 3. The molecule has 1 amide bonds. The third-order valence-electron chi connectivity index (χ3n) is 2.20. The third kappa shape index (κ3) is 3.69. The van der Waals surface area contributed by atoms with Gasteiger partial charge in [0, 0.05) is 6.54 Å². The van der Waals surface area contributed by atoms with Crippen molar-refractivity contribution in [3.63, 3.8) is 0 Å². The van der Waals surface area contributed by atoms with E-state index in [0.717, 1.165) is 0 Å². The molecule has 0 saturated heterocycles. The van der Waals surface area contributed by atoms with E-state index in [1.54, 1.807) is 0 Å². The molecule has 0 radical (unpaired) electrons. The number of carbonyl (C=O) groups is 1. The van der Waals surface area contributed by atoms with E-state index in [2.05, 4.69) is 5.32 Å². The molecule has 0 fully saturated rings. The molecule has 0 bridgehead atoms. The number of rotatable bonds is 4. The Morgan fingerprint density at radius 3 is 2.56 bits per heavy atom. The molecule has 0 aromatic heterocycles. The number of hydrogen-bond acceptors (Lipinski definition) is 2. The van der Waals surface area contributed by atoms with E-state index < -0.39 is 29.0 Å². The van der Waals surface area contributed by atoms with Crippen molar-refractivity contribution >= 4 is 5.91 Å². The van der Waals surface area contributed by atoms with Crippen molar-refractivity contribution in [1.82, 2.24) is 5.32 Å². The Hall–Kier alpha value is -1.63. The molecule has 3 N–H and O–H groups in total. The van der Waals surface area contributed by atoms with Gasteiger partial charge in [0.2, 0.25) is 0 Å². The molecular formula is C11H12F4N2O. The van der Waals surface area contributed by atoms with E-state index in [4.69, 9.17) is 5.73 Å². The van der Waals surface area contributed by atoms with Crippen LogP contribution in [-0.2, 0) is 6.18 Å². The minimum absolute atomic E-state index is 0.186. The third-order valence-corrected chi connectivity index (χ3v) is 2.20. The van der Waals surface area contributed by atoms with Crippen LogP contribution in [0.4, 0.5) is 17.6 Å². The van der Waals surface area contributed by atoms with Gasteiger partial charge in [0.25, 0.3) is 5.91 Å². The highest BCUT2D eigenvalue weighted by molar-refractivity contribution is 5.94. The summed E-state index contributed by atoms with van der Waals surface area (Å²) in [6.45, 7) is 0.510. The fourth-order valence-electron chi connectivity index (χ4n) is 1.27. The van der Waals surface area contributed by atoms with Gasteiger partial charge in [-0.15, -0.1) is 0 Å². The number of hydrogen-bond donors (Lipinski definition) is 2. The maximum atomic E-state index is 13.3. The lowest BCUT2D eigenvalue weighted by atomic mass is 10.1. The van der Waals surface area contributed by atoms with Gasteiger partial charge in [-0.05, 0) is 31.2 Å². The number of nitrogens with two attached hydrogens (primary N) is 1. The molecular weight excluding hydrogens is 252 g/mol. The van der Waals surface area contributed by atoms with E-state index in [-0.39, 0.29) is 6.54 Å². The molecule has 0 saturated carbocycles. The molecule has 1 aromatic carbocycles. The van der Waals surface area contributed by atoms with Gasteiger partial charge in [0.15, 0.2) is 0 Å². The van der Waals surface area contributed by atoms with Gasteiger partial charge in [-0.2, -0.15) is 13.2 Å². The molecule has 100 valence electrons. The normalized spacial score (nSPS) is 11.4.